The average Bonchev–Trinajstić information content (AvgIpc) is 2.82. The van der Waals surface area contributed by atoms with Crippen molar-refractivity contribution in [3.8, 4) is 17.1 Å². The zero-order valence-corrected chi connectivity index (χ0v) is 9.71. The number of aromatic nitrogens is 4. The number of nitrogens with two attached hydrogens (primary N) is 1. The Kier molecular flexibility index (Phi) is 2.33. The van der Waals surface area contributed by atoms with Crippen LogP contribution < -0.4 is 10.5 Å². The van der Waals surface area contributed by atoms with Gasteiger partial charge in [0.1, 0.15) is 23.4 Å². The number of benzene rings is 1. The molecule has 0 aliphatic rings. The van der Waals surface area contributed by atoms with E-state index in [-0.39, 0.29) is 0 Å². The lowest BCUT2D eigenvalue weighted by Gasteiger charge is -2.05. The standard InChI is InChI=1S/C12H11N5O/c1-18-10-3-2-7(4-8(10)13)11-16-9-5-14-6-15-12(9)17-11/h2-6H,13H2,1H3,(H,14,15,16,17). The molecule has 0 aliphatic carbocycles. The van der Waals surface area contributed by atoms with Crippen LogP contribution in [0, 0.1) is 0 Å². The van der Waals surface area contributed by atoms with Gasteiger partial charge in [0.25, 0.3) is 0 Å². The molecular formula is C12H11N5O. The zero-order chi connectivity index (χ0) is 12.5. The van der Waals surface area contributed by atoms with Crippen molar-refractivity contribution >= 4 is 16.9 Å². The van der Waals surface area contributed by atoms with E-state index >= 15 is 0 Å². The number of hydrogen-bond donors (Lipinski definition) is 2. The number of methoxy groups -OCH3 is 1. The van der Waals surface area contributed by atoms with E-state index in [1.54, 1.807) is 13.3 Å². The summed E-state index contributed by atoms with van der Waals surface area (Å²) in [5, 5.41) is 0. The number of nitrogens with one attached hydrogen (secondary N) is 1. The molecule has 0 aliphatic heterocycles. The predicted molar refractivity (Wildman–Crippen MR) is 68.1 cm³/mol. The maximum atomic E-state index is 5.87. The van der Waals surface area contributed by atoms with Crippen molar-refractivity contribution in [3.63, 3.8) is 0 Å². The number of aromatic amines is 1. The van der Waals surface area contributed by atoms with Gasteiger partial charge in [-0.2, -0.15) is 0 Å². The molecule has 6 nitrogen and oxygen atoms in total. The molecule has 0 amide bonds. The highest BCUT2D eigenvalue weighted by Crippen LogP contribution is 2.27. The lowest BCUT2D eigenvalue weighted by Crippen LogP contribution is -1.93. The summed E-state index contributed by atoms with van der Waals surface area (Å²) in [6, 6.07) is 5.51. The summed E-state index contributed by atoms with van der Waals surface area (Å²) in [5.74, 6) is 1.36. The fourth-order valence-corrected chi connectivity index (χ4v) is 1.78. The minimum Gasteiger partial charge on any atom is -0.495 e. The first kappa shape index (κ1) is 10.5. The molecule has 0 atom stereocenters. The van der Waals surface area contributed by atoms with E-state index in [4.69, 9.17) is 10.5 Å². The molecule has 0 saturated heterocycles. The summed E-state index contributed by atoms with van der Waals surface area (Å²) in [6.45, 7) is 0. The predicted octanol–water partition coefficient (Wildman–Crippen LogP) is 1.61. The Morgan fingerprint density at radius 3 is 2.94 bits per heavy atom. The van der Waals surface area contributed by atoms with Crippen LogP contribution in [0.4, 0.5) is 5.69 Å². The third kappa shape index (κ3) is 1.64. The highest BCUT2D eigenvalue weighted by molar-refractivity contribution is 5.76. The van der Waals surface area contributed by atoms with Crippen LogP contribution in [0.25, 0.3) is 22.6 Å². The van der Waals surface area contributed by atoms with Gasteiger partial charge < -0.3 is 15.5 Å². The van der Waals surface area contributed by atoms with Crippen LogP contribution in [-0.2, 0) is 0 Å². The molecule has 0 bridgehead atoms. The molecule has 0 fully saturated rings. The highest BCUT2D eigenvalue weighted by Gasteiger charge is 2.08. The highest BCUT2D eigenvalue weighted by atomic mass is 16.5. The molecule has 0 saturated carbocycles. The second-order valence-corrected chi connectivity index (χ2v) is 3.80. The van der Waals surface area contributed by atoms with Crippen molar-refractivity contribution in [2.75, 3.05) is 12.8 Å². The maximum absolute atomic E-state index is 5.87. The van der Waals surface area contributed by atoms with E-state index in [2.05, 4.69) is 19.9 Å². The molecule has 0 radical (unpaired) electrons. The number of nitrogen functional groups attached to an aromatic ring is 1. The summed E-state index contributed by atoms with van der Waals surface area (Å²) in [5.41, 5.74) is 8.75. The molecule has 0 unspecified atom stereocenters. The first-order valence-corrected chi connectivity index (χ1v) is 5.37. The number of hydrogen-bond acceptors (Lipinski definition) is 5. The topological polar surface area (TPSA) is 89.7 Å². The molecule has 1 aromatic carbocycles. The van der Waals surface area contributed by atoms with Gasteiger partial charge in [-0.25, -0.2) is 15.0 Å². The Hall–Kier alpha value is -2.63. The van der Waals surface area contributed by atoms with Crippen LogP contribution >= 0.6 is 0 Å². The van der Waals surface area contributed by atoms with E-state index in [1.807, 2.05) is 18.2 Å². The fourth-order valence-electron chi connectivity index (χ4n) is 1.78. The van der Waals surface area contributed by atoms with Crippen LogP contribution in [0.15, 0.2) is 30.7 Å². The quantitative estimate of drug-likeness (QED) is 0.665. The van der Waals surface area contributed by atoms with E-state index < -0.39 is 0 Å². The molecule has 6 heteroatoms. The van der Waals surface area contributed by atoms with Gasteiger partial charge in [-0.1, -0.05) is 0 Å². The molecule has 2 heterocycles. The van der Waals surface area contributed by atoms with Gasteiger partial charge >= 0.3 is 0 Å². The minimum atomic E-state index is 0.571. The minimum absolute atomic E-state index is 0.571. The second-order valence-electron chi connectivity index (χ2n) is 3.80. The number of rotatable bonds is 2. The van der Waals surface area contributed by atoms with Crippen molar-refractivity contribution in [2.45, 2.75) is 0 Å². The van der Waals surface area contributed by atoms with Crippen molar-refractivity contribution < 1.29 is 4.74 Å². The van der Waals surface area contributed by atoms with E-state index in [0.29, 0.717) is 22.9 Å². The van der Waals surface area contributed by atoms with E-state index in [9.17, 15) is 0 Å². The fraction of sp³-hybridized carbons (Fsp3) is 0.0833. The maximum Gasteiger partial charge on any atom is 0.181 e. The van der Waals surface area contributed by atoms with Crippen LogP contribution in [-0.4, -0.2) is 27.0 Å². The normalized spacial score (nSPS) is 10.7. The zero-order valence-electron chi connectivity index (χ0n) is 9.71. The van der Waals surface area contributed by atoms with Crippen molar-refractivity contribution in [3.05, 3.63) is 30.7 Å². The molecule has 3 N–H and O–H groups in total. The van der Waals surface area contributed by atoms with E-state index in [1.165, 1.54) is 6.33 Å². The Morgan fingerprint density at radius 1 is 1.33 bits per heavy atom. The molecule has 90 valence electrons. The summed E-state index contributed by atoms with van der Waals surface area (Å²) in [7, 11) is 1.59. The van der Waals surface area contributed by atoms with Crippen LogP contribution in [0.2, 0.25) is 0 Å². The summed E-state index contributed by atoms with van der Waals surface area (Å²) in [6.07, 6.45) is 3.15. The van der Waals surface area contributed by atoms with Crippen molar-refractivity contribution in [2.24, 2.45) is 0 Å². The summed E-state index contributed by atoms with van der Waals surface area (Å²) >= 11 is 0. The number of anilines is 1. The third-order valence-corrected chi connectivity index (χ3v) is 2.67. The smallest absolute Gasteiger partial charge is 0.181 e. The molecule has 0 spiro atoms. The van der Waals surface area contributed by atoms with Crippen molar-refractivity contribution in [1.29, 1.82) is 0 Å². The molecule has 3 aromatic rings. The van der Waals surface area contributed by atoms with E-state index in [0.717, 1.165) is 11.1 Å². The Morgan fingerprint density at radius 2 is 2.22 bits per heavy atom. The van der Waals surface area contributed by atoms with Crippen LogP contribution in [0.5, 0.6) is 5.75 Å². The molecule has 3 rings (SSSR count). The van der Waals surface area contributed by atoms with Gasteiger partial charge in [0.05, 0.1) is 19.0 Å². The molecular weight excluding hydrogens is 230 g/mol. The monoisotopic (exact) mass is 241 g/mol. The van der Waals surface area contributed by atoms with Gasteiger partial charge in [0.15, 0.2) is 5.65 Å². The Balaban J connectivity index is 2.11. The average molecular weight is 241 g/mol. The van der Waals surface area contributed by atoms with Crippen LogP contribution in [0.3, 0.4) is 0 Å². The Bertz CT molecular complexity index is 674. The van der Waals surface area contributed by atoms with Gasteiger partial charge in [0.2, 0.25) is 0 Å². The molecule has 18 heavy (non-hydrogen) atoms. The Labute approximate surface area is 103 Å². The first-order chi connectivity index (χ1) is 8.78. The van der Waals surface area contributed by atoms with Crippen molar-refractivity contribution in [1.82, 2.24) is 19.9 Å². The first-order valence-electron chi connectivity index (χ1n) is 5.37. The number of fused-ring (bicyclic) bond motifs is 1. The molecule has 2 aromatic heterocycles. The SMILES string of the molecule is COc1ccc(-c2nc3ncncc3[nH]2)cc1N. The summed E-state index contributed by atoms with van der Waals surface area (Å²) < 4.78 is 5.12. The third-order valence-electron chi connectivity index (χ3n) is 2.67. The van der Waals surface area contributed by atoms with Gasteiger partial charge in [-0.15, -0.1) is 0 Å². The lowest BCUT2D eigenvalue weighted by atomic mass is 10.2. The van der Waals surface area contributed by atoms with Gasteiger partial charge in [-0.05, 0) is 18.2 Å². The van der Waals surface area contributed by atoms with Gasteiger partial charge in [-0.3, -0.25) is 0 Å². The largest absolute Gasteiger partial charge is 0.495 e. The lowest BCUT2D eigenvalue weighted by molar-refractivity contribution is 0.417. The second kappa shape index (κ2) is 3.99. The summed E-state index contributed by atoms with van der Waals surface area (Å²) in [4.78, 5) is 15.5. The van der Waals surface area contributed by atoms with Gasteiger partial charge in [0, 0.05) is 5.56 Å². The number of nitrogens with zero attached hydrogens (tertiary/aromatic N) is 3. The van der Waals surface area contributed by atoms with Crippen LogP contribution in [0.1, 0.15) is 0 Å². The number of H-pyrrole nitrogens is 1. The number of imidazole rings is 1. The number of ether oxygens (including phenoxy) is 1.